The fourth-order valence-corrected chi connectivity index (χ4v) is 2.02. The van der Waals surface area contributed by atoms with E-state index in [0.717, 1.165) is 11.2 Å². The van der Waals surface area contributed by atoms with E-state index in [1.807, 2.05) is 4.45 Å². The van der Waals surface area contributed by atoms with E-state index in [-0.39, 0.29) is 0 Å². The third kappa shape index (κ3) is 1.47. The highest BCUT2D eigenvalue weighted by atomic mass is 32.1. The molecule has 0 aliphatic heterocycles. The molecule has 1 unspecified atom stereocenters. The zero-order valence-corrected chi connectivity index (χ0v) is 9.41. The molecule has 1 heterocycles. The second-order valence-corrected chi connectivity index (χ2v) is 3.88. The summed E-state index contributed by atoms with van der Waals surface area (Å²) >= 11 is 4.24. The van der Waals surface area contributed by atoms with Crippen LogP contribution in [0.2, 0.25) is 0 Å². The number of nitrogens with zero attached hydrogens (tertiary/aromatic N) is 2. The van der Waals surface area contributed by atoms with Crippen LogP contribution in [-0.4, -0.2) is 9.55 Å². The van der Waals surface area contributed by atoms with Crippen molar-refractivity contribution in [2.45, 2.75) is 12.7 Å². The highest BCUT2D eigenvalue weighted by Gasteiger charge is 2.06. The Morgan fingerprint density at radius 2 is 2.31 bits per heavy atom. The van der Waals surface area contributed by atoms with E-state index in [1.165, 1.54) is 10.9 Å². The number of rotatable bonds is 1. The molecule has 0 fully saturated rings. The molecular weight excluding hydrogens is 199 g/mol. The van der Waals surface area contributed by atoms with Gasteiger partial charge in [-0.2, -0.15) is 17.7 Å². The molecule has 2 nitrogen and oxygen atoms in total. The topological polar surface area (TPSA) is 17.8 Å². The molecule has 0 aliphatic carbocycles. The summed E-state index contributed by atoms with van der Waals surface area (Å²) in [7, 11) is 2.59. The lowest BCUT2D eigenvalue weighted by Crippen LogP contribution is -1.82. The Balaban J connectivity index is 2.80. The summed E-state index contributed by atoms with van der Waals surface area (Å²) in [4.78, 5) is 0. The fraction of sp³-hybridized carbons (Fsp3) is 0.222. The van der Waals surface area contributed by atoms with Crippen LogP contribution in [0.4, 0.5) is 0 Å². The summed E-state index contributed by atoms with van der Waals surface area (Å²) in [6, 6.07) is 6.33. The van der Waals surface area contributed by atoms with Crippen LogP contribution >= 0.6 is 22.0 Å². The van der Waals surface area contributed by atoms with Gasteiger partial charge in [-0.3, -0.25) is 4.45 Å². The maximum absolute atomic E-state index is 4.35. The van der Waals surface area contributed by atoms with E-state index in [9.17, 15) is 0 Å². The Morgan fingerprint density at radius 3 is 3.00 bits per heavy atom. The zero-order chi connectivity index (χ0) is 9.42. The Labute approximate surface area is 85.0 Å². The minimum Gasteiger partial charge on any atom is -0.250 e. The van der Waals surface area contributed by atoms with Crippen LogP contribution in [0.15, 0.2) is 18.2 Å². The molecule has 13 heavy (non-hydrogen) atoms. The van der Waals surface area contributed by atoms with Crippen molar-refractivity contribution in [3.8, 4) is 0 Å². The van der Waals surface area contributed by atoms with Gasteiger partial charge in [0, 0.05) is 11.1 Å². The molecule has 0 spiro atoms. The second kappa shape index (κ2) is 3.32. The van der Waals surface area contributed by atoms with Crippen LogP contribution in [0.1, 0.15) is 11.3 Å². The van der Waals surface area contributed by atoms with Crippen molar-refractivity contribution in [1.29, 1.82) is 0 Å². The van der Waals surface area contributed by atoms with Gasteiger partial charge in [0.1, 0.15) is 0 Å². The van der Waals surface area contributed by atoms with Gasteiger partial charge in [0.15, 0.2) is 0 Å². The molecule has 1 atom stereocenters. The van der Waals surface area contributed by atoms with Crippen molar-refractivity contribution in [3.05, 3.63) is 29.5 Å². The summed E-state index contributed by atoms with van der Waals surface area (Å²) in [6.07, 6.45) is 0. The minimum atomic E-state index is 0.682. The lowest BCUT2D eigenvalue weighted by Gasteiger charge is -1.94. The first-order chi connectivity index (χ1) is 6.22. The number of aromatic nitrogens is 2. The van der Waals surface area contributed by atoms with Crippen molar-refractivity contribution in [3.63, 3.8) is 0 Å². The van der Waals surface area contributed by atoms with Gasteiger partial charge in [-0.1, -0.05) is 12.1 Å². The summed E-state index contributed by atoms with van der Waals surface area (Å²) in [5.74, 6) is 0.682. The summed E-state index contributed by atoms with van der Waals surface area (Å²) in [6.45, 7) is 2.08. The van der Waals surface area contributed by atoms with E-state index in [4.69, 9.17) is 0 Å². The number of benzene rings is 1. The van der Waals surface area contributed by atoms with E-state index < -0.39 is 0 Å². The first-order valence-corrected chi connectivity index (χ1v) is 5.21. The van der Waals surface area contributed by atoms with E-state index in [1.54, 1.807) is 0 Å². The smallest absolute Gasteiger partial charge is 0.0802 e. The SMILES string of the molecule is Cc1ccc2c(CS)nn(P)c2c1. The number of fused-ring (bicyclic) bond motifs is 1. The van der Waals surface area contributed by atoms with Gasteiger partial charge in [0.25, 0.3) is 0 Å². The van der Waals surface area contributed by atoms with Crippen molar-refractivity contribution < 1.29 is 0 Å². The van der Waals surface area contributed by atoms with Crippen LogP contribution < -0.4 is 0 Å². The molecule has 0 aliphatic rings. The van der Waals surface area contributed by atoms with Gasteiger partial charge >= 0.3 is 0 Å². The van der Waals surface area contributed by atoms with E-state index in [2.05, 4.69) is 52.2 Å². The molecule has 1 aromatic carbocycles. The van der Waals surface area contributed by atoms with Crippen LogP contribution in [0.25, 0.3) is 10.9 Å². The lowest BCUT2D eigenvalue weighted by molar-refractivity contribution is 0.997. The summed E-state index contributed by atoms with van der Waals surface area (Å²) in [5, 5.41) is 5.54. The molecule has 2 rings (SSSR count). The maximum Gasteiger partial charge on any atom is 0.0802 e. The lowest BCUT2D eigenvalue weighted by atomic mass is 10.1. The highest BCUT2D eigenvalue weighted by Crippen LogP contribution is 2.22. The first kappa shape index (κ1) is 9.04. The molecule has 0 bridgehead atoms. The van der Waals surface area contributed by atoms with Crippen LogP contribution in [0.3, 0.4) is 0 Å². The summed E-state index contributed by atoms with van der Waals surface area (Å²) < 4.78 is 1.83. The summed E-state index contributed by atoms with van der Waals surface area (Å²) in [5.41, 5.74) is 3.43. The Bertz CT molecular complexity index is 450. The van der Waals surface area contributed by atoms with Gasteiger partial charge in [-0.05, 0) is 27.9 Å². The second-order valence-electron chi connectivity index (χ2n) is 3.07. The molecule has 0 saturated heterocycles. The van der Waals surface area contributed by atoms with Crippen molar-refractivity contribution in [2.24, 2.45) is 0 Å². The van der Waals surface area contributed by atoms with Gasteiger partial charge < -0.3 is 0 Å². The number of hydrogen-bond donors (Lipinski definition) is 1. The third-order valence-corrected chi connectivity index (χ3v) is 2.78. The quantitative estimate of drug-likeness (QED) is 0.565. The maximum atomic E-state index is 4.35. The monoisotopic (exact) mass is 210 g/mol. The van der Waals surface area contributed by atoms with Crippen molar-refractivity contribution in [2.75, 3.05) is 0 Å². The minimum absolute atomic E-state index is 0.682. The number of hydrogen-bond acceptors (Lipinski definition) is 2. The van der Waals surface area contributed by atoms with Gasteiger partial charge in [0.2, 0.25) is 0 Å². The van der Waals surface area contributed by atoms with E-state index in [0.29, 0.717) is 5.75 Å². The number of thiol groups is 1. The molecule has 68 valence electrons. The van der Waals surface area contributed by atoms with Crippen LogP contribution in [0, 0.1) is 6.92 Å². The zero-order valence-electron chi connectivity index (χ0n) is 7.36. The van der Waals surface area contributed by atoms with E-state index >= 15 is 0 Å². The van der Waals surface area contributed by atoms with Crippen LogP contribution in [0.5, 0.6) is 0 Å². The standard InChI is InChI=1S/C9H11N2PS/c1-6-2-3-7-8(5-13)10-11(12)9(7)4-6/h2-4,13H,5,12H2,1H3. The molecule has 1 aromatic heterocycles. The first-order valence-electron chi connectivity index (χ1n) is 4.06. The molecule has 0 amide bonds. The third-order valence-electron chi connectivity index (χ3n) is 2.09. The largest absolute Gasteiger partial charge is 0.250 e. The normalized spacial score (nSPS) is 11.0. The van der Waals surface area contributed by atoms with Crippen LogP contribution in [-0.2, 0) is 5.75 Å². The Kier molecular flexibility index (Phi) is 2.31. The predicted octanol–water partition coefficient (Wildman–Crippen LogP) is 2.41. The Morgan fingerprint density at radius 1 is 1.54 bits per heavy atom. The van der Waals surface area contributed by atoms with Crippen molar-refractivity contribution >= 4 is 32.9 Å². The van der Waals surface area contributed by atoms with Gasteiger partial charge in [0.05, 0.1) is 11.2 Å². The highest BCUT2D eigenvalue weighted by molar-refractivity contribution is 7.79. The molecule has 4 heteroatoms. The van der Waals surface area contributed by atoms with Gasteiger partial charge in [-0.25, -0.2) is 0 Å². The van der Waals surface area contributed by atoms with Gasteiger partial charge in [-0.15, -0.1) is 0 Å². The molecule has 0 radical (unpaired) electrons. The molecule has 0 N–H and O–H groups in total. The average molecular weight is 210 g/mol. The predicted molar refractivity (Wildman–Crippen MR) is 62.3 cm³/mol. The average Bonchev–Trinajstić information content (AvgIpc) is 2.43. The van der Waals surface area contributed by atoms with Crippen molar-refractivity contribution in [1.82, 2.24) is 9.55 Å². The molecule has 2 aromatic rings. The fourth-order valence-electron chi connectivity index (χ4n) is 1.43. The molecule has 0 saturated carbocycles. The Hall–Kier alpha value is -0.530. The molecular formula is C9H11N2PS. The number of aryl methyl sites for hydroxylation is 1.